The zero-order valence-corrected chi connectivity index (χ0v) is 26.6. The molecule has 8 rings (SSSR count). The van der Waals surface area contributed by atoms with Gasteiger partial charge in [0.05, 0.1) is 24.7 Å². The van der Waals surface area contributed by atoms with Crippen LogP contribution in [-0.2, 0) is 19.1 Å². The van der Waals surface area contributed by atoms with E-state index in [0.717, 1.165) is 69.4 Å². The molecule has 0 radical (unpaired) electrons. The molecule has 0 aromatic carbocycles. The van der Waals surface area contributed by atoms with E-state index in [1.54, 1.807) is 0 Å². The molecule has 234 valence electrons. The highest BCUT2D eigenvalue weighted by atomic mass is 16.5. The normalized spacial score (nSPS) is 52.0. The van der Waals surface area contributed by atoms with Crippen LogP contribution in [0.1, 0.15) is 98.3 Å². The minimum atomic E-state index is -0.0767. The number of carbonyl (C=O) groups excluding carboxylic acids is 2. The van der Waals surface area contributed by atoms with Crippen molar-refractivity contribution >= 4 is 11.8 Å². The molecule has 2 N–H and O–H groups in total. The number of ether oxygens (including phenoxy) is 2. The van der Waals surface area contributed by atoms with Crippen LogP contribution in [-0.4, -0.2) is 67.4 Å². The highest BCUT2D eigenvalue weighted by molar-refractivity contribution is 5.97. The zero-order chi connectivity index (χ0) is 29.1. The molecule has 4 aliphatic carbocycles. The Morgan fingerprint density at radius 3 is 2.43 bits per heavy atom. The average Bonchev–Trinajstić information content (AvgIpc) is 3.34. The van der Waals surface area contributed by atoms with Gasteiger partial charge in [-0.15, -0.1) is 0 Å². The first-order chi connectivity index (χ1) is 20.0. The number of nitrogens with zero attached hydrogens (tertiary/aromatic N) is 1. The van der Waals surface area contributed by atoms with Crippen LogP contribution in [0.2, 0.25) is 0 Å². The van der Waals surface area contributed by atoms with E-state index < -0.39 is 0 Å². The molecule has 0 bridgehead atoms. The number of carbonyl (C=O) groups is 2. The van der Waals surface area contributed by atoms with Crippen molar-refractivity contribution in [3.8, 4) is 0 Å². The minimum absolute atomic E-state index is 0.00100. The first kappa shape index (κ1) is 28.3. The molecule has 8 fully saturated rings. The van der Waals surface area contributed by atoms with Gasteiger partial charge in [-0.3, -0.25) is 14.9 Å². The molecule has 8 aliphatic rings. The summed E-state index contributed by atoms with van der Waals surface area (Å²) in [7, 11) is 0. The Kier molecular flexibility index (Phi) is 6.51. The predicted molar refractivity (Wildman–Crippen MR) is 160 cm³/mol. The third-order valence-electron chi connectivity index (χ3n) is 15.0. The van der Waals surface area contributed by atoms with Crippen LogP contribution in [0.25, 0.3) is 0 Å². The lowest BCUT2D eigenvalue weighted by Gasteiger charge is -2.61. The van der Waals surface area contributed by atoms with E-state index in [-0.39, 0.29) is 35.4 Å². The van der Waals surface area contributed by atoms with Crippen LogP contribution in [0, 0.1) is 57.7 Å². The van der Waals surface area contributed by atoms with Gasteiger partial charge in [0, 0.05) is 31.6 Å². The Bertz CT molecular complexity index is 1110. The highest BCUT2D eigenvalue weighted by Gasteiger charge is 2.68. The molecule has 7 nitrogen and oxygen atoms in total. The Morgan fingerprint density at radius 2 is 1.71 bits per heavy atom. The Labute approximate surface area is 253 Å². The molecule has 0 aromatic heterocycles. The van der Waals surface area contributed by atoms with Crippen molar-refractivity contribution < 1.29 is 19.1 Å². The van der Waals surface area contributed by atoms with Crippen LogP contribution in [0.3, 0.4) is 0 Å². The van der Waals surface area contributed by atoms with Crippen molar-refractivity contribution in [3.05, 3.63) is 0 Å². The smallest absolute Gasteiger partial charge is 0.232 e. The molecule has 0 unspecified atom stereocenters. The van der Waals surface area contributed by atoms with Crippen molar-refractivity contribution in [2.75, 3.05) is 32.8 Å². The van der Waals surface area contributed by atoms with E-state index in [1.807, 2.05) is 4.90 Å². The second-order valence-corrected chi connectivity index (χ2v) is 17.3. The second kappa shape index (κ2) is 9.66. The summed E-state index contributed by atoms with van der Waals surface area (Å²) in [6, 6.07) is 0.221. The van der Waals surface area contributed by atoms with Crippen molar-refractivity contribution in [1.29, 1.82) is 0 Å². The molecule has 4 aliphatic heterocycles. The number of fused-ring (bicyclic) bond motifs is 7. The number of nitrogens with one attached hydrogen (secondary N) is 2. The van der Waals surface area contributed by atoms with Gasteiger partial charge < -0.3 is 19.7 Å². The van der Waals surface area contributed by atoms with E-state index >= 15 is 0 Å². The number of hydrogen-bond donors (Lipinski definition) is 2. The standard InChI is InChI=1S/C35H55N3O4/c1-21-7-12-35(36-16-21)22(2)31-28(42-35)14-27-25-6-5-23-13-24(8-10-32(23,3)26(25)9-11-33(27,31)4)37-29(39)15-30(40)38-17-34(18-38)19-41-20-34/h21-28,31,36H,5-20H2,1-4H3,(H,37,39)/t21-,22+,23-,24-,25-,26+,27+,28+,31+,32+,33+,35-/m1/s1. The number of rotatable bonds is 3. The molecule has 4 heterocycles. The van der Waals surface area contributed by atoms with Crippen LogP contribution in [0.5, 0.6) is 0 Å². The third kappa shape index (κ3) is 4.07. The second-order valence-electron chi connectivity index (χ2n) is 17.3. The summed E-state index contributed by atoms with van der Waals surface area (Å²) in [5.74, 6) is 5.05. The first-order valence-corrected chi connectivity index (χ1v) is 17.6. The van der Waals surface area contributed by atoms with Gasteiger partial charge in [0.1, 0.15) is 12.1 Å². The molecule has 2 amide bonds. The van der Waals surface area contributed by atoms with E-state index in [2.05, 4.69) is 38.3 Å². The monoisotopic (exact) mass is 581 g/mol. The number of hydrogen-bond acceptors (Lipinski definition) is 5. The van der Waals surface area contributed by atoms with E-state index in [4.69, 9.17) is 9.47 Å². The summed E-state index contributed by atoms with van der Waals surface area (Å²) >= 11 is 0. The van der Waals surface area contributed by atoms with Crippen LogP contribution >= 0.6 is 0 Å². The Morgan fingerprint density at radius 1 is 0.929 bits per heavy atom. The fourth-order valence-corrected chi connectivity index (χ4v) is 12.6. The summed E-state index contributed by atoms with van der Waals surface area (Å²) in [6.07, 6.45) is 12.9. The summed E-state index contributed by atoms with van der Waals surface area (Å²) in [4.78, 5) is 27.4. The van der Waals surface area contributed by atoms with Gasteiger partial charge in [-0.05, 0) is 111 Å². The maximum atomic E-state index is 12.9. The quantitative estimate of drug-likeness (QED) is 0.471. The summed E-state index contributed by atoms with van der Waals surface area (Å²) in [5, 5.41) is 7.20. The van der Waals surface area contributed by atoms with Gasteiger partial charge >= 0.3 is 0 Å². The summed E-state index contributed by atoms with van der Waals surface area (Å²) < 4.78 is 12.4. The first-order valence-electron chi connectivity index (χ1n) is 17.6. The Balaban J connectivity index is 0.890. The van der Waals surface area contributed by atoms with E-state index in [1.165, 1.54) is 51.4 Å². The molecule has 12 atom stereocenters. The van der Waals surface area contributed by atoms with Gasteiger partial charge in [-0.2, -0.15) is 0 Å². The molecular formula is C35H55N3O4. The lowest BCUT2D eigenvalue weighted by Crippen LogP contribution is -2.67. The van der Waals surface area contributed by atoms with Crippen LogP contribution in [0.4, 0.5) is 0 Å². The van der Waals surface area contributed by atoms with Crippen molar-refractivity contribution in [3.63, 3.8) is 0 Å². The van der Waals surface area contributed by atoms with Crippen molar-refractivity contribution in [2.24, 2.45) is 57.7 Å². The zero-order valence-electron chi connectivity index (χ0n) is 26.6. The van der Waals surface area contributed by atoms with Gasteiger partial charge in [-0.25, -0.2) is 0 Å². The fraction of sp³-hybridized carbons (Fsp3) is 0.943. The molecule has 42 heavy (non-hydrogen) atoms. The largest absolute Gasteiger partial charge is 0.380 e. The molecular weight excluding hydrogens is 526 g/mol. The van der Waals surface area contributed by atoms with Crippen LogP contribution < -0.4 is 10.6 Å². The number of likely N-dealkylation sites (tertiary alicyclic amines) is 1. The SMILES string of the molecule is C[C@@H]1CC[C@@]2(NC1)O[C@H]1C[C@H]3[C@@H]4CC[C@@H]5C[C@H](NC(=O)CC(=O)N6CC7(COC7)C6)CC[C@]5(C)[C@H]4CC[C@]3(C)[C@H]1[C@@H]2C. The molecule has 4 saturated heterocycles. The summed E-state index contributed by atoms with van der Waals surface area (Å²) in [5.41, 5.74) is 0.908. The third-order valence-corrected chi connectivity index (χ3v) is 15.0. The molecule has 2 spiro atoms. The minimum Gasteiger partial charge on any atom is -0.380 e. The fourth-order valence-electron chi connectivity index (χ4n) is 12.6. The van der Waals surface area contributed by atoms with Crippen molar-refractivity contribution in [1.82, 2.24) is 15.5 Å². The molecule has 0 aromatic rings. The number of amides is 2. The maximum Gasteiger partial charge on any atom is 0.232 e. The number of piperidine rings is 1. The Hall–Kier alpha value is -1.18. The van der Waals surface area contributed by atoms with Crippen LogP contribution in [0.15, 0.2) is 0 Å². The van der Waals surface area contributed by atoms with Gasteiger partial charge in [0.25, 0.3) is 0 Å². The van der Waals surface area contributed by atoms with Crippen molar-refractivity contribution in [2.45, 2.75) is 116 Å². The van der Waals surface area contributed by atoms with Gasteiger partial charge in [0.15, 0.2) is 0 Å². The van der Waals surface area contributed by atoms with E-state index in [9.17, 15) is 9.59 Å². The molecule has 4 saturated carbocycles. The highest BCUT2D eigenvalue weighted by Crippen LogP contribution is 2.71. The average molecular weight is 582 g/mol. The van der Waals surface area contributed by atoms with E-state index in [0.29, 0.717) is 34.7 Å². The van der Waals surface area contributed by atoms with Gasteiger partial charge in [0.2, 0.25) is 11.8 Å². The lowest BCUT2D eigenvalue weighted by molar-refractivity contribution is -0.195. The molecule has 7 heteroatoms. The topological polar surface area (TPSA) is 79.9 Å². The maximum absolute atomic E-state index is 12.9. The predicted octanol–water partition coefficient (Wildman–Crippen LogP) is 4.74. The lowest BCUT2D eigenvalue weighted by atomic mass is 9.44. The summed E-state index contributed by atoms with van der Waals surface area (Å²) in [6.45, 7) is 14.3. The van der Waals surface area contributed by atoms with Gasteiger partial charge in [-0.1, -0.05) is 27.7 Å².